The van der Waals surface area contributed by atoms with Crippen molar-refractivity contribution in [2.45, 2.75) is 13.8 Å². The number of aryl methyl sites for hydroxylation is 1. The summed E-state index contributed by atoms with van der Waals surface area (Å²) in [7, 11) is 0. The van der Waals surface area contributed by atoms with Crippen LogP contribution in [0.3, 0.4) is 0 Å². The number of benzene rings is 8. The minimum absolute atomic E-state index is 0.878. The van der Waals surface area contributed by atoms with Gasteiger partial charge in [0.1, 0.15) is 22.5 Å². The Balaban J connectivity index is 1.26. The van der Waals surface area contributed by atoms with Crippen LogP contribution < -0.4 is 4.90 Å². The summed E-state index contributed by atoms with van der Waals surface area (Å²) in [6.07, 6.45) is 2.22. The first-order chi connectivity index (χ1) is 25.2. The smallest absolute Gasteiger partial charge is 0.143 e. The monoisotopic (exact) mass is 655 g/mol. The van der Waals surface area contributed by atoms with Crippen LogP contribution in [0.4, 0.5) is 11.4 Å². The highest BCUT2D eigenvalue weighted by Crippen LogP contribution is 2.48. The third kappa shape index (κ3) is 4.52. The Morgan fingerprint density at radius 1 is 0.471 bits per heavy atom. The number of para-hydroxylation sites is 2. The van der Waals surface area contributed by atoms with Crippen molar-refractivity contribution in [1.29, 1.82) is 0 Å². The van der Waals surface area contributed by atoms with E-state index in [2.05, 4.69) is 183 Å². The molecule has 0 bridgehead atoms. The molecule has 3 nitrogen and oxygen atoms in total. The highest BCUT2D eigenvalue weighted by molar-refractivity contribution is 6.16. The molecule has 0 aliphatic heterocycles. The number of fused-ring (bicyclic) bond motifs is 8. The van der Waals surface area contributed by atoms with Gasteiger partial charge in [-0.25, -0.2) is 0 Å². The van der Waals surface area contributed by atoms with Crippen LogP contribution in [0.5, 0.6) is 0 Å². The van der Waals surface area contributed by atoms with Crippen molar-refractivity contribution in [1.82, 2.24) is 0 Å². The highest BCUT2D eigenvalue weighted by Gasteiger charge is 2.27. The lowest BCUT2D eigenvalue weighted by Gasteiger charge is -2.31. The van der Waals surface area contributed by atoms with Crippen molar-refractivity contribution in [3.05, 3.63) is 175 Å². The van der Waals surface area contributed by atoms with Gasteiger partial charge in [0, 0.05) is 43.6 Å². The van der Waals surface area contributed by atoms with Crippen LogP contribution in [0.25, 0.3) is 82.0 Å². The summed E-state index contributed by atoms with van der Waals surface area (Å²) in [5.74, 6) is 0.878. The zero-order valence-electron chi connectivity index (χ0n) is 28.4. The Morgan fingerprint density at radius 2 is 1.08 bits per heavy atom. The summed E-state index contributed by atoms with van der Waals surface area (Å²) in [5.41, 5.74) is 9.07. The SMILES string of the molecule is C/C=C(\c1c(C)oc2c1ccc1ccccc12)N(c1ccccc1-c1cccc2c1oc1cc3ccccc3cc12)c1cccc2ccccc12. The summed E-state index contributed by atoms with van der Waals surface area (Å²) in [6, 6.07) is 56.1. The van der Waals surface area contributed by atoms with Crippen LogP contribution in [0.1, 0.15) is 18.2 Å². The largest absolute Gasteiger partial charge is 0.460 e. The Hall–Kier alpha value is -6.58. The zero-order valence-corrected chi connectivity index (χ0v) is 28.4. The molecule has 0 saturated carbocycles. The molecule has 3 heteroatoms. The maximum absolute atomic E-state index is 6.79. The van der Waals surface area contributed by atoms with Gasteiger partial charge in [0.25, 0.3) is 0 Å². The second kappa shape index (κ2) is 11.5. The predicted octanol–water partition coefficient (Wildman–Crippen LogP) is 14.0. The Kier molecular flexibility index (Phi) is 6.62. The van der Waals surface area contributed by atoms with Crippen molar-refractivity contribution in [3.63, 3.8) is 0 Å². The van der Waals surface area contributed by atoms with Gasteiger partial charge in [0.05, 0.1) is 17.1 Å². The van der Waals surface area contributed by atoms with E-state index in [1.807, 2.05) is 0 Å². The highest BCUT2D eigenvalue weighted by atomic mass is 16.3. The average Bonchev–Trinajstić information content (AvgIpc) is 3.72. The second-order valence-electron chi connectivity index (χ2n) is 13.2. The van der Waals surface area contributed by atoms with Crippen LogP contribution in [0.15, 0.2) is 173 Å². The molecule has 0 fully saturated rings. The zero-order chi connectivity index (χ0) is 34.1. The predicted molar refractivity (Wildman–Crippen MR) is 215 cm³/mol. The molecular weight excluding hydrogens is 623 g/mol. The third-order valence-corrected chi connectivity index (χ3v) is 10.3. The van der Waals surface area contributed by atoms with E-state index in [4.69, 9.17) is 8.83 Å². The Bertz CT molecular complexity index is 3010. The molecule has 2 aromatic heterocycles. The van der Waals surface area contributed by atoms with E-state index in [1.54, 1.807) is 0 Å². The summed E-state index contributed by atoms with van der Waals surface area (Å²) >= 11 is 0. The fourth-order valence-electron chi connectivity index (χ4n) is 8.03. The van der Waals surface area contributed by atoms with Crippen molar-refractivity contribution in [3.8, 4) is 11.1 Å². The molecule has 0 saturated heterocycles. The van der Waals surface area contributed by atoms with Gasteiger partial charge in [-0.05, 0) is 65.7 Å². The van der Waals surface area contributed by atoms with Crippen LogP contribution in [-0.4, -0.2) is 0 Å². The van der Waals surface area contributed by atoms with Crippen molar-refractivity contribution in [2.75, 3.05) is 4.90 Å². The third-order valence-electron chi connectivity index (χ3n) is 10.3. The van der Waals surface area contributed by atoms with Crippen molar-refractivity contribution >= 4 is 82.3 Å². The molecule has 10 aromatic rings. The molecule has 0 aliphatic carbocycles. The van der Waals surface area contributed by atoms with Crippen molar-refractivity contribution < 1.29 is 8.83 Å². The molecule has 242 valence electrons. The molecule has 0 atom stereocenters. The lowest BCUT2D eigenvalue weighted by molar-refractivity contribution is 0.580. The molecule has 10 rings (SSSR count). The van der Waals surface area contributed by atoms with E-state index in [-0.39, 0.29) is 0 Å². The van der Waals surface area contributed by atoms with E-state index < -0.39 is 0 Å². The van der Waals surface area contributed by atoms with Crippen LogP contribution in [-0.2, 0) is 0 Å². The number of allylic oxidation sites excluding steroid dienone is 1. The van der Waals surface area contributed by atoms with Gasteiger partial charge < -0.3 is 13.7 Å². The van der Waals surface area contributed by atoms with Crippen LogP contribution in [0, 0.1) is 6.92 Å². The van der Waals surface area contributed by atoms with E-state index in [1.165, 1.54) is 21.5 Å². The summed E-state index contributed by atoms with van der Waals surface area (Å²) in [6.45, 7) is 4.21. The number of anilines is 2. The minimum atomic E-state index is 0.878. The first-order valence-electron chi connectivity index (χ1n) is 17.5. The second-order valence-corrected chi connectivity index (χ2v) is 13.2. The molecule has 0 aliphatic rings. The lowest BCUT2D eigenvalue weighted by atomic mass is 9.96. The van der Waals surface area contributed by atoms with Gasteiger partial charge in [0.15, 0.2) is 0 Å². The topological polar surface area (TPSA) is 29.5 Å². The van der Waals surface area contributed by atoms with Gasteiger partial charge in [0.2, 0.25) is 0 Å². The molecule has 0 spiro atoms. The minimum Gasteiger partial charge on any atom is -0.460 e. The Morgan fingerprint density at radius 3 is 1.90 bits per heavy atom. The number of rotatable bonds is 5. The van der Waals surface area contributed by atoms with Gasteiger partial charge in [-0.2, -0.15) is 0 Å². The maximum atomic E-state index is 6.79. The van der Waals surface area contributed by atoms with Gasteiger partial charge in [-0.1, -0.05) is 133 Å². The van der Waals surface area contributed by atoms with E-state index in [0.717, 1.165) is 83.2 Å². The molecule has 0 radical (unpaired) electrons. The molecule has 0 unspecified atom stereocenters. The number of furan rings is 2. The quantitative estimate of drug-likeness (QED) is 0.185. The standard InChI is InChI=1S/C48H33NO2/c1-3-42(46-30(2)50-47-36-20-9-7-15-32(36)26-27-40(46)47)49(43-25-12-18-31-14-6-8-19-35(31)43)44-24-11-10-21-37(44)38-22-13-23-39-41-28-33-16-4-5-17-34(33)29-45(41)51-48(38)39/h3-29H,1-2H3/b42-3+. The fourth-order valence-corrected chi connectivity index (χ4v) is 8.03. The number of nitrogens with zero attached hydrogens (tertiary/aromatic N) is 1. The first-order valence-corrected chi connectivity index (χ1v) is 17.5. The molecular formula is C48H33NO2. The fraction of sp³-hybridized carbons (Fsp3) is 0.0417. The number of hydrogen-bond acceptors (Lipinski definition) is 3. The van der Waals surface area contributed by atoms with Gasteiger partial charge in [-0.15, -0.1) is 0 Å². The Labute approximate surface area is 295 Å². The molecule has 8 aromatic carbocycles. The molecule has 0 amide bonds. The van der Waals surface area contributed by atoms with Crippen LogP contribution >= 0.6 is 0 Å². The summed E-state index contributed by atoms with van der Waals surface area (Å²) in [5, 5.41) is 10.3. The summed E-state index contributed by atoms with van der Waals surface area (Å²) < 4.78 is 13.4. The number of hydrogen-bond donors (Lipinski definition) is 0. The molecule has 2 heterocycles. The first kappa shape index (κ1) is 29.3. The van der Waals surface area contributed by atoms with E-state index >= 15 is 0 Å². The van der Waals surface area contributed by atoms with Gasteiger partial charge >= 0.3 is 0 Å². The van der Waals surface area contributed by atoms with Crippen molar-refractivity contribution in [2.24, 2.45) is 0 Å². The van der Waals surface area contributed by atoms with E-state index in [9.17, 15) is 0 Å². The maximum Gasteiger partial charge on any atom is 0.143 e. The normalized spacial score (nSPS) is 12.2. The molecule has 51 heavy (non-hydrogen) atoms. The van der Waals surface area contributed by atoms with Gasteiger partial charge in [-0.3, -0.25) is 0 Å². The van der Waals surface area contributed by atoms with E-state index in [0.29, 0.717) is 0 Å². The average molecular weight is 656 g/mol. The lowest BCUT2D eigenvalue weighted by Crippen LogP contribution is -2.17. The summed E-state index contributed by atoms with van der Waals surface area (Å²) in [4.78, 5) is 2.42. The van der Waals surface area contributed by atoms with Crippen LogP contribution in [0.2, 0.25) is 0 Å². The molecule has 0 N–H and O–H groups in total.